The molecule has 1 N–H and O–H groups in total. The third kappa shape index (κ3) is 4.47. The number of para-hydroxylation sites is 1. The zero-order valence-corrected chi connectivity index (χ0v) is 14.1. The number of hydrogen-bond donors (Lipinski definition) is 1. The maximum Gasteiger partial charge on any atom is 0.122 e. The van der Waals surface area contributed by atoms with Crippen molar-refractivity contribution < 1.29 is 4.74 Å². The Balaban J connectivity index is 1.89. The fourth-order valence-electron chi connectivity index (χ4n) is 3.71. The molecule has 1 aliphatic rings. The Hall–Kier alpha value is -1.02. The fourth-order valence-corrected chi connectivity index (χ4v) is 3.71. The summed E-state index contributed by atoms with van der Waals surface area (Å²) in [6, 6.07) is 9.02. The summed E-state index contributed by atoms with van der Waals surface area (Å²) in [5.41, 5.74) is 1.71. The molecule has 2 nitrogen and oxygen atoms in total. The molecule has 0 spiro atoms. The van der Waals surface area contributed by atoms with E-state index >= 15 is 0 Å². The molecule has 1 fully saturated rings. The van der Waals surface area contributed by atoms with Crippen LogP contribution in [0.15, 0.2) is 24.3 Å². The van der Waals surface area contributed by atoms with Gasteiger partial charge in [0.25, 0.3) is 0 Å². The zero-order valence-electron chi connectivity index (χ0n) is 14.1. The van der Waals surface area contributed by atoms with Gasteiger partial charge in [0.05, 0.1) is 7.11 Å². The first-order valence-corrected chi connectivity index (χ1v) is 8.37. The Labute approximate surface area is 130 Å². The van der Waals surface area contributed by atoms with Crippen molar-refractivity contribution in [2.75, 3.05) is 13.7 Å². The van der Waals surface area contributed by atoms with Gasteiger partial charge in [0.2, 0.25) is 0 Å². The van der Waals surface area contributed by atoms with Gasteiger partial charge in [-0.2, -0.15) is 0 Å². The van der Waals surface area contributed by atoms with Gasteiger partial charge < -0.3 is 10.1 Å². The van der Waals surface area contributed by atoms with Crippen molar-refractivity contribution in [3.63, 3.8) is 0 Å². The summed E-state index contributed by atoms with van der Waals surface area (Å²) >= 11 is 0. The number of hydrogen-bond acceptors (Lipinski definition) is 2. The van der Waals surface area contributed by atoms with Crippen LogP contribution in [0.2, 0.25) is 0 Å². The lowest BCUT2D eigenvalue weighted by Gasteiger charge is -2.41. The topological polar surface area (TPSA) is 21.3 Å². The predicted molar refractivity (Wildman–Crippen MR) is 89.9 cm³/mol. The summed E-state index contributed by atoms with van der Waals surface area (Å²) in [7, 11) is 1.75. The lowest BCUT2D eigenvalue weighted by Crippen LogP contribution is -2.44. The quantitative estimate of drug-likeness (QED) is 0.865. The molecule has 0 aliphatic heterocycles. The summed E-state index contributed by atoms with van der Waals surface area (Å²) in [6.45, 7) is 8.20. The molecule has 1 aromatic carbocycles. The van der Waals surface area contributed by atoms with E-state index in [-0.39, 0.29) is 0 Å². The second kappa shape index (κ2) is 7.31. The Morgan fingerprint density at radius 1 is 1.14 bits per heavy atom. The van der Waals surface area contributed by atoms with Crippen LogP contribution >= 0.6 is 0 Å². The van der Waals surface area contributed by atoms with Crippen LogP contribution in [0.5, 0.6) is 5.75 Å². The normalized spacial score (nSPS) is 23.0. The standard InChI is InChI=1S/C19H31NO/c1-19(2,3)16-10-6-7-11-17(16)20-14-13-15-9-5-8-12-18(15)21-4/h5,8-9,12,16-17,20H,6-7,10-11,13-14H2,1-4H3. The van der Waals surface area contributed by atoms with E-state index in [1.165, 1.54) is 31.2 Å². The van der Waals surface area contributed by atoms with Crippen molar-refractivity contribution >= 4 is 0 Å². The molecule has 2 heteroatoms. The Kier molecular flexibility index (Phi) is 5.69. The maximum absolute atomic E-state index is 5.44. The van der Waals surface area contributed by atoms with Crippen molar-refractivity contribution in [1.29, 1.82) is 0 Å². The van der Waals surface area contributed by atoms with Gasteiger partial charge in [-0.25, -0.2) is 0 Å². The summed E-state index contributed by atoms with van der Waals surface area (Å²) in [4.78, 5) is 0. The van der Waals surface area contributed by atoms with Gasteiger partial charge in [-0.3, -0.25) is 0 Å². The van der Waals surface area contributed by atoms with Crippen molar-refractivity contribution in [2.45, 2.75) is 58.9 Å². The van der Waals surface area contributed by atoms with Crippen LogP contribution < -0.4 is 10.1 Å². The van der Waals surface area contributed by atoms with E-state index in [9.17, 15) is 0 Å². The Morgan fingerprint density at radius 3 is 2.57 bits per heavy atom. The highest BCUT2D eigenvalue weighted by Gasteiger charge is 2.33. The molecule has 0 bridgehead atoms. The molecule has 0 amide bonds. The van der Waals surface area contributed by atoms with Gasteiger partial charge in [-0.15, -0.1) is 0 Å². The van der Waals surface area contributed by atoms with Crippen LogP contribution in [-0.4, -0.2) is 19.7 Å². The first-order chi connectivity index (χ1) is 10.0. The van der Waals surface area contributed by atoms with E-state index in [1.54, 1.807) is 7.11 Å². The van der Waals surface area contributed by atoms with Crippen LogP contribution in [0.4, 0.5) is 0 Å². The SMILES string of the molecule is COc1ccccc1CCNC1CCCCC1C(C)(C)C. The van der Waals surface area contributed by atoms with E-state index in [0.29, 0.717) is 11.5 Å². The van der Waals surface area contributed by atoms with E-state index in [4.69, 9.17) is 4.74 Å². The average Bonchev–Trinajstić information content (AvgIpc) is 2.47. The van der Waals surface area contributed by atoms with E-state index < -0.39 is 0 Å². The van der Waals surface area contributed by atoms with Crippen LogP contribution in [-0.2, 0) is 6.42 Å². The van der Waals surface area contributed by atoms with Crippen LogP contribution in [0.3, 0.4) is 0 Å². The highest BCUT2D eigenvalue weighted by atomic mass is 16.5. The minimum Gasteiger partial charge on any atom is -0.496 e. The number of rotatable bonds is 5. The van der Waals surface area contributed by atoms with Crippen molar-refractivity contribution in [1.82, 2.24) is 5.32 Å². The van der Waals surface area contributed by atoms with Crippen molar-refractivity contribution in [3.05, 3.63) is 29.8 Å². The predicted octanol–water partition coefficient (Wildman–Crippen LogP) is 4.43. The summed E-state index contributed by atoms with van der Waals surface area (Å²) in [5, 5.41) is 3.82. The number of ether oxygens (including phenoxy) is 1. The molecule has 21 heavy (non-hydrogen) atoms. The molecule has 1 aromatic rings. The highest BCUT2D eigenvalue weighted by Crippen LogP contribution is 2.37. The molecule has 0 aromatic heterocycles. The van der Waals surface area contributed by atoms with Crippen molar-refractivity contribution in [2.24, 2.45) is 11.3 Å². The molecular formula is C19H31NO. The van der Waals surface area contributed by atoms with Gasteiger partial charge >= 0.3 is 0 Å². The van der Waals surface area contributed by atoms with Gasteiger partial charge in [0.15, 0.2) is 0 Å². The summed E-state index contributed by atoms with van der Waals surface area (Å²) in [6.07, 6.45) is 6.51. The van der Waals surface area contributed by atoms with Gasteiger partial charge in [-0.05, 0) is 48.8 Å². The Bertz CT molecular complexity index is 435. The van der Waals surface area contributed by atoms with Crippen molar-refractivity contribution in [3.8, 4) is 5.75 Å². The van der Waals surface area contributed by atoms with Gasteiger partial charge in [-0.1, -0.05) is 51.8 Å². The molecule has 1 saturated carbocycles. The van der Waals surface area contributed by atoms with Gasteiger partial charge in [0, 0.05) is 6.04 Å². The molecule has 0 saturated heterocycles. The number of nitrogens with one attached hydrogen (secondary N) is 1. The minimum absolute atomic E-state index is 0.405. The summed E-state index contributed by atoms with van der Waals surface area (Å²) < 4.78 is 5.44. The van der Waals surface area contributed by atoms with Crippen LogP contribution in [0.1, 0.15) is 52.0 Å². The van der Waals surface area contributed by atoms with Crippen LogP contribution in [0, 0.1) is 11.3 Å². The largest absolute Gasteiger partial charge is 0.496 e. The number of benzene rings is 1. The zero-order chi connectivity index (χ0) is 15.3. The first kappa shape index (κ1) is 16.4. The third-order valence-corrected chi connectivity index (χ3v) is 4.87. The van der Waals surface area contributed by atoms with E-state index in [2.05, 4.69) is 38.2 Å². The fraction of sp³-hybridized carbons (Fsp3) is 0.684. The van der Waals surface area contributed by atoms with Gasteiger partial charge in [0.1, 0.15) is 5.75 Å². The molecule has 118 valence electrons. The second-order valence-corrected chi connectivity index (χ2v) is 7.38. The Morgan fingerprint density at radius 2 is 1.86 bits per heavy atom. The average molecular weight is 289 g/mol. The van der Waals surface area contributed by atoms with E-state index in [0.717, 1.165) is 24.6 Å². The summed E-state index contributed by atoms with van der Waals surface area (Å²) in [5.74, 6) is 1.80. The van der Waals surface area contributed by atoms with E-state index in [1.807, 2.05) is 12.1 Å². The third-order valence-electron chi connectivity index (χ3n) is 4.87. The molecular weight excluding hydrogens is 258 g/mol. The van der Waals surface area contributed by atoms with Crippen LogP contribution in [0.25, 0.3) is 0 Å². The molecule has 2 unspecified atom stereocenters. The first-order valence-electron chi connectivity index (χ1n) is 8.37. The maximum atomic E-state index is 5.44. The molecule has 2 atom stereocenters. The second-order valence-electron chi connectivity index (χ2n) is 7.38. The molecule has 0 heterocycles. The highest BCUT2D eigenvalue weighted by molar-refractivity contribution is 5.33. The lowest BCUT2D eigenvalue weighted by molar-refractivity contribution is 0.131. The molecule has 1 aliphatic carbocycles. The molecule has 0 radical (unpaired) electrons. The smallest absolute Gasteiger partial charge is 0.122 e. The minimum atomic E-state index is 0.405. The monoisotopic (exact) mass is 289 g/mol. The number of methoxy groups -OCH3 is 1. The lowest BCUT2D eigenvalue weighted by atomic mass is 9.69. The molecule has 2 rings (SSSR count).